The van der Waals surface area contributed by atoms with E-state index in [-0.39, 0.29) is 29.7 Å². The smallest absolute Gasteiger partial charge is 0.319 e. The van der Waals surface area contributed by atoms with E-state index in [9.17, 15) is 18.4 Å². The highest BCUT2D eigenvalue weighted by molar-refractivity contribution is 6.42. The molecule has 25 heavy (non-hydrogen) atoms. The van der Waals surface area contributed by atoms with Gasteiger partial charge in [0.15, 0.2) is 11.6 Å². The largest absolute Gasteiger partial charge is 0.350 e. The first-order chi connectivity index (χ1) is 11.9. The molecule has 0 heterocycles. The van der Waals surface area contributed by atoms with Crippen LogP contribution >= 0.6 is 23.2 Å². The fourth-order valence-electron chi connectivity index (χ4n) is 1.84. The molecule has 3 N–H and O–H groups in total. The lowest BCUT2D eigenvalue weighted by molar-refractivity contribution is 0.0954. The number of anilines is 1. The molecule has 0 aliphatic heterocycles. The second-order valence-corrected chi connectivity index (χ2v) is 5.71. The first-order valence-electron chi connectivity index (χ1n) is 7.10. The Kier molecular flexibility index (Phi) is 6.55. The van der Waals surface area contributed by atoms with Crippen LogP contribution < -0.4 is 16.0 Å². The molecule has 2 rings (SSSR count). The van der Waals surface area contributed by atoms with Gasteiger partial charge in [-0.05, 0) is 30.3 Å². The Hall–Kier alpha value is -2.38. The van der Waals surface area contributed by atoms with Gasteiger partial charge in [-0.2, -0.15) is 0 Å². The Labute approximate surface area is 152 Å². The molecule has 0 saturated heterocycles. The van der Waals surface area contributed by atoms with E-state index < -0.39 is 17.7 Å². The molecule has 9 heteroatoms. The lowest BCUT2D eigenvalue weighted by Crippen LogP contribution is -2.36. The zero-order chi connectivity index (χ0) is 18.4. The van der Waals surface area contributed by atoms with E-state index in [0.717, 1.165) is 12.1 Å². The molecule has 0 aliphatic carbocycles. The summed E-state index contributed by atoms with van der Waals surface area (Å²) in [5.41, 5.74) is 0.442. The monoisotopic (exact) mass is 387 g/mol. The minimum Gasteiger partial charge on any atom is -0.350 e. The van der Waals surface area contributed by atoms with Crippen LogP contribution in [0.2, 0.25) is 10.0 Å². The van der Waals surface area contributed by atoms with Gasteiger partial charge in [-0.1, -0.05) is 23.2 Å². The summed E-state index contributed by atoms with van der Waals surface area (Å²) in [6.07, 6.45) is 0. The van der Waals surface area contributed by atoms with Gasteiger partial charge in [-0.3, -0.25) is 4.79 Å². The van der Waals surface area contributed by atoms with Gasteiger partial charge in [0.1, 0.15) is 0 Å². The Morgan fingerprint density at radius 1 is 0.880 bits per heavy atom. The number of amides is 3. The second-order valence-electron chi connectivity index (χ2n) is 4.89. The molecule has 0 fully saturated rings. The number of benzene rings is 2. The lowest BCUT2D eigenvalue weighted by Gasteiger charge is -2.09. The van der Waals surface area contributed by atoms with Crippen LogP contribution in [0.15, 0.2) is 36.4 Å². The summed E-state index contributed by atoms with van der Waals surface area (Å²) >= 11 is 11.6. The number of carbonyl (C=O) groups is 2. The van der Waals surface area contributed by atoms with Crippen molar-refractivity contribution in [3.63, 3.8) is 0 Å². The molecule has 2 aromatic rings. The summed E-state index contributed by atoms with van der Waals surface area (Å²) < 4.78 is 25.8. The summed E-state index contributed by atoms with van der Waals surface area (Å²) in [6, 6.07) is 6.84. The van der Waals surface area contributed by atoms with Crippen molar-refractivity contribution in [1.82, 2.24) is 10.6 Å². The van der Waals surface area contributed by atoms with Crippen molar-refractivity contribution in [3.8, 4) is 0 Å². The fourth-order valence-corrected chi connectivity index (χ4v) is 2.14. The summed E-state index contributed by atoms with van der Waals surface area (Å²) in [6.45, 7) is 0.285. The van der Waals surface area contributed by atoms with Crippen LogP contribution in [0.5, 0.6) is 0 Å². The van der Waals surface area contributed by atoms with Gasteiger partial charge in [0.05, 0.1) is 10.0 Å². The van der Waals surface area contributed by atoms with Crippen LogP contribution in [0.1, 0.15) is 10.4 Å². The van der Waals surface area contributed by atoms with Crippen LogP contribution in [0.4, 0.5) is 19.3 Å². The molecular formula is C16H13Cl2F2N3O2. The van der Waals surface area contributed by atoms with Gasteiger partial charge in [-0.15, -0.1) is 0 Å². The van der Waals surface area contributed by atoms with E-state index in [1.807, 2.05) is 0 Å². The maximum Gasteiger partial charge on any atom is 0.319 e. The van der Waals surface area contributed by atoms with E-state index in [1.54, 1.807) is 0 Å². The quantitative estimate of drug-likeness (QED) is 0.682. The van der Waals surface area contributed by atoms with Crippen LogP contribution in [-0.4, -0.2) is 25.0 Å². The Bertz CT molecular complexity index is 803. The van der Waals surface area contributed by atoms with Crippen molar-refractivity contribution in [2.24, 2.45) is 0 Å². The number of hydrogen-bond donors (Lipinski definition) is 3. The van der Waals surface area contributed by atoms with Gasteiger partial charge < -0.3 is 16.0 Å². The third-order valence-corrected chi connectivity index (χ3v) is 3.79. The maximum atomic E-state index is 13.0. The Morgan fingerprint density at radius 2 is 1.60 bits per heavy atom. The molecule has 5 nitrogen and oxygen atoms in total. The lowest BCUT2D eigenvalue weighted by atomic mass is 10.2. The van der Waals surface area contributed by atoms with E-state index in [4.69, 9.17) is 23.2 Å². The van der Waals surface area contributed by atoms with Crippen molar-refractivity contribution in [1.29, 1.82) is 0 Å². The number of urea groups is 1. The molecule has 0 spiro atoms. The minimum absolute atomic E-state index is 0.108. The first-order valence-corrected chi connectivity index (χ1v) is 7.85. The van der Waals surface area contributed by atoms with Crippen LogP contribution in [0, 0.1) is 11.6 Å². The van der Waals surface area contributed by atoms with Crippen LogP contribution in [0.3, 0.4) is 0 Å². The van der Waals surface area contributed by atoms with Crippen LogP contribution in [-0.2, 0) is 0 Å². The number of carbonyl (C=O) groups excluding carboxylic acids is 2. The zero-order valence-corrected chi connectivity index (χ0v) is 14.2. The first kappa shape index (κ1) is 19.0. The minimum atomic E-state index is -1.06. The molecule has 0 unspecified atom stereocenters. The van der Waals surface area contributed by atoms with Crippen molar-refractivity contribution >= 4 is 40.8 Å². The molecule has 0 saturated carbocycles. The van der Waals surface area contributed by atoms with Gasteiger partial charge in [0.2, 0.25) is 0 Å². The predicted octanol–water partition coefficient (Wildman–Crippen LogP) is 3.82. The van der Waals surface area contributed by atoms with E-state index >= 15 is 0 Å². The van der Waals surface area contributed by atoms with Crippen molar-refractivity contribution < 1.29 is 18.4 Å². The van der Waals surface area contributed by atoms with Gasteiger partial charge in [0, 0.05) is 30.4 Å². The molecule has 3 amide bonds. The van der Waals surface area contributed by atoms with Gasteiger partial charge >= 0.3 is 6.03 Å². The molecule has 132 valence electrons. The highest BCUT2D eigenvalue weighted by atomic mass is 35.5. The predicted molar refractivity (Wildman–Crippen MR) is 92.2 cm³/mol. The third-order valence-electron chi connectivity index (χ3n) is 3.06. The standard InChI is InChI=1S/C16H13Cl2F2N3O2/c17-11-3-1-9(7-12(11)18)15(24)21-5-6-22-16(25)23-10-2-4-13(19)14(20)8-10/h1-4,7-8H,5-6H2,(H,21,24)(H2,22,23,25). The molecule has 0 aliphatic rings. The number of halogens is 4. The van der Waals surface area contributed by atoms with Crippen LogP contribution in [0.25, 0.3) is 0 Å². The summed E-state index contributed by atoms with van der Waals surface area (Å²) in [5, 5.41) is 8.00. The molecule has 0 bridgehead atoms. The van der Waals surface area contributed by atoms with Crippen molar-refractivity contribution in [2.75, 3.05) is 18.4 Å². The van der Waals surface area contributed by atoms with Gasteiger partial charge in [-0.25, -0.2) is 13.6 Å². The second kappa shape index (κ2) is 8.64. The summed E-state index contributed by atoms with van der Waals surface area (Å²) in [4.78, 5) is 23.5. The SMILES string of the molecule is O=C(NCCNC(=O)c1ccc(Cl)c(Cl)c1)Nc1ccc(F)c(F)c1. The topological polar surface area (TPSA) is 70.2 Å². The van der Waals surface area contributed by atoms with Crippen molar-refractivity contribution in [2.45, 2.75) is 0 Å². The number of rotatable bonds is 5. The fraction of sp³-hybridized carbons (Fsp3) is 0.125. The number of hydrogen-bond acceptors (Lipinski definition) is 2. The average molecular weight is 388 g/mol. The summed E-state index contributed by atoms with van der Waals surface area (Å²) in [5.74, 6) is -2.44. The molecule has 0 atom stereocenters. The number of nitrogens with one attached hydrogen (secondary N) is 3. The van der Waals surface area contributed by atoms with Gasteiger partial charge in [0.25, 0.3) is 5.91 Å². The van der Waals surface area contributed by atoms with Crippen molar-refractivity contribution in [3.05, 3.63) is 63.6 Å². The molecule has 0 aromatic heterocycles. The summed E-state index contributed by atoms with van der Waals surface area (Å²) in [7, 11) is 0. The molecule has 0 radical (unpaired) electrons. The van der Waals surface area contributed by atoms with E-state index in [1.165, 1.54) is 24.3 Å². The van der Waals surface area contributed by atoms with E-state index in [2.05, 4.69) is 16.0 Å². The molecule has 2 aromatic carbocycles. The Balaban J connectivity index is 1.74. The normalized spacial score (nSPS) is 10.2. The highest BCUT2D eigenvalue weighted by Crippen LogP contribution is 2.22. The van der Waals surface area contributed by atoms with E-state index in [0.29, 0.717) is 10.6 Å². The molecular weight excluding hydrogens is 375 g/mol. The zero-order valence-electron chi connectivity index (χ0n) is 12.7. The third kappa shape index (κ3) is 5.58. The highest BCUT2D eigenvalue weighted by Gasteiger charge is 2.08. The average Bonchev–Trinajstić information content (AvgIpc) is 2.57. The maximum absolute atomic E-state index is 13.0. The Morgan fingerprint density at radius 3 is 2.28 bits per heavy atom.